The van der Waals surface area contributed by atoms with Crippen LogP contribution in [0.3, 0.4) is 0 Å². The Labute approximate surface area is 118 Å². The molecule has 0 heterocycles. The van der Waals surface area contributed by atoms with Crippen molar-refractivity contribution in [3.8, 4) is 0 Å². The average Bonchev–Trinajstić information content (AvgIpc) is 2.38. The number of carbonyl (C=O) groups is 1. The number of aryl methyl sites for hydroxylation is 1. The topological polar surface area (TPSA) is 92.7 Å². The van der Waals surface area contributed by atoms with Crippen LogP contribution in [-0.2, 0) is 19.6 Å². The standard InChI is InChI=1S/C13H19NO5S/c1-4-19-13(16)12(15)10(3)14-20(17,18)11-7-5-9(2)6-8-11/h5-8,10,12,14-15H,4H2,1-3H3/t10-,12+/m0/s1. The van der Waals surface area contributed by atoms with Crippen LogP contribution in [0, 0.1) is 6.92 Å². The van der Waals surface area contributed by atoms with Crippen LogP contribution in [0.25, 0.3) is 0 Å². The highest BCUT2D eigenvalue weighted by molar-refractivity contribution is 7.89. The first kappa shape index (κ1) is 16.6. The van der Waals surface area contributed by atoms with E-state index in [9.17, 15) is 18.3 Å². The number of sulfonamides is 1. The maximum absolute atomic E-state index is 12.1. The molecule has 0 saturated carbocycles. The van der Waals surface area contributed by atoms with Crippen molar-refractivity contribution < 1.29 is 23.1 Å². The van der Waals surface area contributed by atoms with Gasteiger partial charge in [0.2, 0.25) is 10.0 Å². The SMILES string of the molecule is CCOC(=O)[C@H](O)[C@H](C)NS(=O)(=O)c1ccc(C)cc1. The van der Waals surface area contributed by atoms with Gasteiger partial charge in [-0.15, -0.1) is 0 Å². The summed E-state index contributed by atoms with van der Waals surface area (Å²) in [4.78, 5) is 11.4. The van der Waals surface area contributed by atoms with Gasteiger partial charge in [-0.1, -0.05) is 17.7 Å². The molecule has 0 amide bonds. The Bertz CT molecular complexity index is 553. The van der Waals surface area contributed by atoms with Crippen molar-refractivity contribution >= 4 is 16.0 Å². The van der Waals surface area contributed by atoms with E-state index in [0.29, 0.717) is 0 Å². The van der Waals surface area contributed by atoms with E-state index in [2.05, 4.69) is 9.46 Å². The third-order valence-electron chi connectivity index (χ3n) is 2.67. The number of rotatable bonds is 6. The van der Waals surface area contributed by atoms with Gasteiger partial charge in [0, 0.05) is 0 Å². The minimum Gasteiger partial charge on any atom is -0.464 e. The number of benzene rings is 1. The molecule has 0 unspecified atom stereocenters. The molecule has 1 rings (SSSR count). The highest BCUT2D eigenvalue weighted by Gasteiger charge is 2.28. The number of ether oxygens (including phenoxy) is 1. The van der Waals surface area contributed by atoms with Gasteiger partial charge < -0.3 is 9.84 Å². The molecule has 0 aliphatic carbocycles. The Kier molecular flexibility index (Phi) is 5.67. The highest BCUT2D eigenvalue weighted by Crippen LogP contribution is 2.11. The van der Waals surface area contributed by atoms with Gasteiger partial charge in [-0.2, -0.15) is 0 Å². The van der Waals surface area contributed by atoms with E-state index >= 15 is 0 Å². The summed E-state index contributed by atoms with van der Waals surface area (Å²) < 4.78 is 31.0. The zero-order valence-corrected chi connectivity index (χ0v) is 12.5. The second-order valence-electron chi connectivity index (χ2n) is 4.42. The molecule has 20 heavy (non-hydrogen) atoms. The summed E-state index contributed by atoms with van der Waals surface area (Å²) >= 11 is 0. The van der Waals surface area contributed by atoms with Crippen LogP contribution in [0.4, 0.5) is 0 Å². The number of hydrogen-bond acceptors (Lipinski definition) is 5. The van der Waals surface area contributed by atoms with Crippen LogP contribution >= 0.6 is 0 Å². The van der Waals surface area contributed by atoms with Gasteiger partial charge in [0.15, 0.2) is 6.10 Å². The Morgan fingerprint density at radius 2 is 1.90 bits per heavy atom. The molecule has 1 aromatic rings. The van der Waals surface area contributed by atoms with Crippen LogP contribution in [0.2, 0.25) is 0 Å². The Morgan fingerprint density at radius 1 is 1.35 bits per heavy atom. The van der Waals surface area contributed by atoms with Crippen molar-refractivity contribution in [1.29, 1.82) is 0 Å². The van der Waals surface area contributed by atoms with Gasteiger partial charge in [-0.25, -0.2) is 17.9 Å². The monoisotopic (exact) mass is 301 g/mol. The van der Waals surface area contributed by atoms with Crippen LogP contribution < -0.4 is 4.72 Å². The molecule has 7 heteroatoms. The molecular formula is C13H19NO5S. The number of esters is 1. The zero-order chi connectivity index (χ0) is 15.3. The molecule has 1 aromatic carbocycles. The predicted molar refractivity (Wildman–Crippen MR) is 73.6 cm³/mol. The van der Waals surface area contributed by atoms with Gasteiger partial charge in [-0.3, -0.25) is 0 Å². The molecule has 0 saturated heterocycles. The third kappa shape index (κ3) is 4.29. The second kappa shape index (κ2) is 6.83. The average molecular weight is 301 g/mol. The lowest BCUT2D eigenvalue weighted by Gasteiger charge is -2.18. The van der Waals surface area contributed by atoms with Gasteiger partial charge in [0.05, 0.1) is 17.5 Å². The fourth-order valence-electron chi connectivity index (χ4n) is 1.53. The molecule has 0 aromatic heterocycles. The number of aliphatic hydroxyl groups excluding tert-OH is 1. The van der Waals surface area contributed by atoms with E-state index in [-0.39, 0.29) is 11.5 Å². The minimum atomic E-state index is -3.79. The van der Waals surface area contributed by atoms with E-state index in [1.54, 1.807) is 19.1 Å². The molecule has 6 nitrogen and oxygen atoms in total. The quantitative estimate of drug-likeness (QED) is 0.750. The summed E-state index contributed by atoms with van der Waals surface area (Å²) in [6, 6.07) is 5.27. The molecular weight excluding hydrogens is 282 g/mol. The molecule has 112 valence electrons. The molecule has 0 spiro atoms. The highest BCUT2D eigenvalue weighted by atomic mass is 32.2. The van der Waals surface area contributed by atoms with Crippen LogP contribution in [0.5, 0.6) is 0 Å². The molecule has 0 bridgehead atoms. The first-order chi connectivity index (χ1) is 9.27. The Balaban J connectivity index is 2.80. The number of carbonyl (C=O) groups excluding carboxylic acids is 1. The Morgan fingerprint density at radius 3 is 2.40 bits per heavy atom. The van der Waals surface area contributed by atoms with Crippen molar-refractivity contribution in [2.45, 2.75) is 37.8 Å². The maximum atomic E-state index is 12.1. The largest absolute Gasteiger partial charge is 0.464 e. The molecule has 0 aliphatic heterocycles. The van der Waals surface area contributed by atoms with E-state index < -0.39 is 28.1 Å². The summed E-state index contributed by atoms with van der Waals surface area (Å²) in [5, 5.41) is 9.67. The minimum absolute atomic E-state index is 0.0750. The van der Waals surface area contributed by atoms with E-state index in [4.69, 9.17) is 0 Å². The van der Waals surface area contributed by atoms with E-state index in [1.807, 2.05) is 6.92 Å². The fraction of sp³-hybridized carbons (Fsp3) is 0.462. The lowest BCUT2D eigenvalue weighted by atomic mass is 10.2. The summed E-state index contributed by atoms with van der Waals surface area (Å²) in [5.74, 6) is -0.855. The lowest BCUT2D eigenvalue weighted by Crippen LogP contribution is -2.45. The van der Waals surface area contributed by atoms with Gasteiger partial charge in [-0.05, 0) is 32.9 Å². The Hall–Kier alpha value is -1.44. The van der Waals surface area contributed by atoms with E-state index in [0.717, 1.165) is 5.56 Å². The first-order valence-electron chi connectivity index (χ1n) is 6.21. The number of aliphatic hydroxyl groups is 1. The summed E-state index contributed by atoms with van der Waals surface area (Å²) in [7, 11) is -3.79. The number of nitrogens with one attached hydrogen (secondary N) is 1. The lowest BCUT2D eigenvalue weighted by molar-refractivity contribution is -0.154. The van der Waals surface area contributed by atoms with Crippen LogP contribution in [0.1, 0.15) is 19.4 Å². The van der Waals surface area contributed by atoms with Gasteiger partial charge in [0.1, 0.15) is 0 Å². The maximum Gasteiger partial charge on any atom is 0.336 e. The van der Waals surface area contributed by atoms with Gasteiger partial charge >= 0.3 is 5.97 Å². The van der Waals surface area contributed by atoms with Crippen molar-refractivity contribution in [3.63, 3.8) is 0 Å². The van der Waals surface area contributed by atoms with Crippen molar-refractivity contribution in [2.24, 2.45) is 0 Å². The molecule has 0 aliphatic rings. The fourth-order valence-corrected chi connectivity index (χ4v) is 2.78. The van der Waals surface area contributed by atoms with Crippen LogP contribution in [0.15, 0.2) is 29.2 Å². The smallest absolute Gasteiger partial charge is 0.336 e. The van der Waals surface area contributed by atoms with Crippen molar-refractivity contribution in [2.75, 3.05) is 6.61 Å². The summed E-state index contributed by atoms with van der Waals surface area (Å²) in [6.07, 6.45) is -1.55. The van der Waals surface area contributed by atoms with Crippen molar-refractivity contribution in [1.82, 2.24) is 4.72 Å². The zero-order valence-electron chi connectivity index (χ0n) is 11.7. The van der Waals surface area contributed by atoms with Gasteiger partial charge in [0.25, 0.3) is 0 Å². The predicted octanol–water partition coefficient (Wildman–Crippen LogP) is 0.586. The molecule has 0 radical (unpaired) electrons. The molecule has 2 atom stereocenters. The van der Waals surface area contributed by atoms with Crippen LogP contribution in [-0.4, -0.2) is 38.2 Å². The molecule has 2 N–H and O–H groups in total. The van der Waals surface area contributed by atoms with E-state index in [1.165, 1.54) is 19.1 Å². The molecule has 0 fully saturated rings. The summed E-state index contributed by atoms with van der Waals surface area (Å²) in [6.45, 7) is 4.96. The normalized spacial score (nSPS) is 14.6. The third-order valence-corrected chi connectivity index (χ3v) is 4.25. The second-order valence-corrected chi connectivity index (χ2v) is 6.13. The summed E-state index contributed by atoms with van der Waals surface area (Å²) in [5.41, 5.74) is 0.934. The first-order valence-corrected chi connectivity index (χ1v) is 7.70. The van der Waals surface area contributed by atoms with Crippen molar-refractivity contribution in [3.05, 3.63) is 29.8 Å². The number of hydrogen-bond donors (Lipinski definition) is 2.